The summed E-state index contributed by atoms with van der Waals surface area (Å²) in [5.41, 5.74) is 0.817. The van der Waals surface area contributed by atoms with Crippen molar-refractivity contribution in [2.75, 3.05) is 6.61 Å². The van der Waals surface area contributed by atoms with Crippen molar-refractivity contribution in [2.24, 2.45) is 11.3 Å². The first kappa shape index (κ1) is 14.7. The summed E-state index contributed by atoms with van der Waals surface area (Å²) in [6.45, 7) is 10.1. The predicted octanol–water partition coefficient (Wildman–Crippen LogP) is 2.47. The van der Waals surface area contributed by atoms with Gasteiger partial charge in [0.05, 0.1) is 12.5 Å². The van der Waals surface area contributed by atoms with Crippen molar-refractivity contribution in [1.29, 1.82) is 0 Å². The Morgan fingerprint density at radius 3 is 2.44 bits per heavy atom. The Bertz CT molecular complexity index is 358. The van der Waals surface area contributed by atoms with Crippen molar-refractivity contribution in [3.63, 3.8) is 0 Å². The minimum atomic E-state index is -0.729. The highest BCUT2D eigenvalue weighted by molar-refractivity contribution is 5.82. The third-order valence-electron chi connectivity index (χ3n) is 2.83. The molecule has 1 fully saturated rings. The molecule has 1 aliphatic rings. The van der Waals surface area contributed by atoms with Gasteiger partial charge in [0.25, 0.3) is 0 Å². The molecule has 4 heteroatoms. The van der Waals surface area contributed by atoms with Gasteiger partial charge in [-0.1, -0.05) is 32.4 Å². The summed E-state index contributed by atoms with van der Waals surface area (Å²) in [6.07, 6.45) is 1.62. The molecule has 0 aromatic carbocycles. The SMILES string of the molecule is CC(C)=CC(C(=O)OC1CCOC1=O)C(C)(C)C. The van der Waals surface area contributed by atoms with Crippen molar-refractivity contribution in [2.45, 2.75) is 47.1 Å². The summed E-state index contributed by atoms with van der Waals surface area (Å²) in [7, 11) is 0. The molecule has 1 aliphatic heterocycles. The van der Waals surface area contributed by atoms with Gasteiger partial charge in [0, 0.05) is 6.42 Å². The molecule has 1 heterocycles. The van der Waals surface area contributed by atoms with Gasteiger partial charge >= 0.3 is 11.9 Å². The number of cyclic esters (lactones) is 1. The number of allylic oxidation sites excluding steroid dienone is 1. The average Bonchev–Trinajstić information content (AvgIpc) is 2.59. The molecule has 0 aliphatic carbocycles. The molecule has 102 valence electrons. The molecule has 0 aromatic heterocycles. The second-order valence-electron chi connectivity index (χ2n) is 5.97. The largest absolute Gasteiger partial charge is 0.463 e. The summed E-state index contributed by atoms with van der Waals surface area (Å²) in [5, 5.41) is 0. The number of hydrogen-bond donors (Lipinski definition) is 0. The van der Waals surface area contributed by atoms with E-state index in [0.717, 1.165) is 5.57 Å². The highest BCUT2D eigenvalue weighted by atomic mass is 16.6. The van der Waals surface area contributed by atoms with Crippen molar-refractivity contribution < 1.29 is 19.1 Å². The Balaban J connectivity index is 2.77. The van der Waals surface area contributed by atoms with Gasteiger partial charge in [-0.15, -0.1) is 0 Å². The van der Waals surface area contributed by atoms with Crippen LogP contribution in [0.3, 0.4) is 0 Å². The molecular formula is C14H22O4. The molecule has 1 rings (SSSR count). The number of hydrogen-bond acceptors (Lipinski definition) is 4. The standard InChI is InChI=1S/C14H22O4/c1-9(2)8-10(14(3,4)5)12(15)18-11-6-7-17-13(11)16/h8,10-11H,6-7H2,1-5H3. The van der Waals surface area contributed by atoms with Gasteiger partial charge in [0.2, 0.25) is 6.10 Å². The van der Waals surface area contributed by atoms with Crippen molar-refractivity contribution in [1.82, 2.24) is 0 Å². The van der Waals surface area contributed by atoms with E-state index in [-0.39, 0.29) is 17.3 Å². The molecule has 0 saturated carbocycles. The van der Waals surface area contributed by atoms with Crippen LogP contribution in [0.2, 0.25) is 0 Å². The van der Waals surface area contributed by atoms with E-state index in [0.29, 0.717) is 13.0 Å². The lowest BCUT2D eigenvalue weighted by Crippen LogP contribution is -2.33. The molecule has 0 amide bonds. The fraction of sp³-hybridized carbons (Fsp3) is 0.714. The Morgan fingerprint density at radius 1 is 1.44 bits per heavy atom. The molecule has 0 spiro atoms. The summed E-state index contributed by atoms with van der Waals surface area (Å²) in [6, 6.07) is 0. The fourth-order valence-corrected chi connectivity index (χ4v) is 1.80. The molecule has 4 nitrogen and oxygen atoms in total. The van der Waals surface area contributed by atoms with Gasteiger partial charge in [-0.25, -0.2) is 4.79 Å². The van der Waals surface area contributed by atoms with Crippen molar-refractivity contribution >= 4 is 11.9 Å². The highest BCUT2D eigenvalue weighted by Crippen LogP contribution is 2.30. The lowest BCUT2D eigenvalue weighted by molar-refractivity contribution is -0.164. The van der Waals surface area contributed by atoms with Crippen molar-refractivity contribution in [3.05, 3.63) is 11.6 Å². The third-order valence-corrected chi connectivity index (χ3v) is 2.83. The average molecular weight is 254 g/mol. The van der Waals surface area contributed by atoms with E-state index in [4.69, 9.17) is 9.47 Å². The van der Waals surface area contributed by atoms with Gasteiger partial charge in [-0.3, -0.25) is 4.79 Å². The van der Waals surface area contributed by atoms with Crippen LogP contribution in [0, 0.1) is 11.3 Å². The van der Waals surface area contributed by atoms with Gasteiger partial charge in [-0.2, -0.15) is 0 Å². The number of esters is 2. The molecule has 1 saturated heterocycles. The zero-order chi connectivity index (χ0) is 13.9. The normalized spacial score (nSPS) is 21.2. The minimum Gasteiger partial charge on any atom is -0.463 e. The maximum atomic E-state index is 12.2. The Morgan fingerprint density at radius 2 is 2.06 bits per heavy atom. The molecule has 0 aromatic rings. The Hall–Kier alpha value is -1.32. The molecule has 18 heavy (non-hydrogen) atoms. The maximum absolute atomic E-state index is 12.2. The van der Waals surface area contributed by atoms with E-state index < -0.39 is 12.1 Å². The summed E-state index contributed by atoms with van der Waals surface area (Å²) < 4.78 is 10.0. The fourth-order valence-electron chi connectivity index (χ4n) is 1.80. The zero-order valence-electron chi connectivity index (χ0n) is 11.8. The van der Waals surface area contributed by atoms with Gasteiger partial charge in [0.15, 0.2) is 0 Å². The molecule has 2 atom stereocenters. The predicted molar refractivity (Wildman–Crippen MR) is 67.8 cm³/mol. The molecule has 0 radical (unpaired) electrons. The van der Waals surface area contributed by atoms with Crippen LogP contribution < -0.4 is 0 Å². The minimum absolute atomic E-state index is 0.239. The second-order valence-corrected chi connectivity index (χ2v) is 5.97. The number of carbonyl (C=O) groups excluding carboxylic acids is 2. The van der Waals surface area contributed by atoms with Crippen LogP contribution in [0.1, 0.15) is 41.0 Å². The quantitative estimate of drug-likeness (QED) is 0.573. The highest BCUT2D eigenvalue weighted by Gasteiger charge is 2.36. The lowest BCUT2D eigenvalue weighted by atomic mass is 9.80. The van der Waals surface area contributed by atoms with E-state index in [1.54, 1.807) is 0 Å². The first-order valence-corrected chi connectivity index (χ1v) is 6.24. The van der Waals surface area contributed by atoms with E-state index in [2.05, 4.69) is 0 Å². The topological polar surface area (TPSA) is 52.6 Å². The molecule has 0 N–H and O–H groups in total. The van der Waals surface area contributed by atoms with Crippen LogP contribution in [0.5, 0.6) is 0 Å². The smallest absolute Gasteiger partial charge is 0.347 e. The third kappa shape index (κ3) is 3.86. The Labute approximate surface area is 108 Å². The van der Waals surface area contributed by atoms with E-state index in [9.17, 15) is 9.59 Å². The monoisotopic (exact) mass is 254 g/mol. The van der Waals surface area contributed by atoms with Crippen LogP contribution in [-0.4, -0.2) is 24.6 Å². The Kier molecular flexibility index (Phi) is 4.54. The first-order chi connectivity index (χ1) is 8.21. The van der Waals surface area contributed by atoms with Crippen LogP contribution in [0.25, 0.3) is 0 Å². The van der Waals surface area contributed by atoms with E-state index >= 15 is 0 Å². The van der Waals surface area contributed by atoms with E-state index in [1.807, 2.05) is 40.7 Å². The van der Waals surface area contributed by atoms with Gasteiger partial charge in [-0.05, 0) is 19.3 Å². The maximum Gasteiger partial charge on any atom is 0.347 e. The van der Waals surface area contributed by atoms with Crippen LogP contribution in [0.4, 0.5) is 0 Å². The molecule has 0 bridgehead atoms. The summed E-state index contributed by atoms with van der Waals surface area (Å²) in [5.74, 6) is -1.14. The lowest BCUT2D eigenvalue weighted by Gasteiger charge is -2.27. The van der Waals surface area contributed by atoms with Crippen LogP contribution >= 0.6 is 0 Å². The summed E-state index contributed by atoms with van der Waals surface area (Å²) >= 11 is 0. The van der Waals surface area contributed by atoms with Gasteiger partial charge in [0.1, 0.15) is 0 Å². The van der Waals surface area contributed by atoms with Crippen molar-refractivity contribution in [3.8, 4) is 0 Å². The number of rotatable bonds is 3. The zero-order valence-corrected chi connectivity index (χ0v) is 11.8. The van der Waals surface area contributed by atoms with Crippen LogP contribution in [-0.2, 0) is 19.1 Å². The molecular weight excluding hydrogens is 232 g/mol. The molecule has 2 unspecified atom stereocenters. The second kappa shape index (κ2) is 5.55. The van der Waals surface area contributed by atoms with Crippen LogP contribution in [0.15, 0.2) is 11.6 Å². The number of carbonyl (C=O) groups is 2. The number of ether oxygens (including phenoxy) is 2. The summed E-state index contributed by atoms with van der Waals surface area (Å²) in [4.78, 5) is 23.4. The van der Waals surface area contributed by atoms with Gasteiger partial charge < -0.3 is 9.47 Å². The van der Waals surface area contributed by atoms with E-state index in [1.165, 1.54) is 0 Å². The first-order valence-electron chi connectivity index (χ1n) is 6.24.